The van der Waals surface area contributed by atoms with Crippen LogP contribution in [-0.4, -0.2) is 30.3 Å². The number of anilines is 1. The lowest BCUT2D eigenvalue weighted by Crippen LogP contribution is -2.43. The average Bonchev–Trinajstić information content (AvgIpc) is 2.86. The number of aldehydes is 1. The number of benzene rings is 1. The van der Waals surface area contributed by atoms with Crippen molar-refractivity contribution in [2.75, 3.05) is 4.90 Å². The predicted molar refractivity (Wildman–Crippen MR) is 82.6 cm³/mol. The van der Waals surface area contributed by atoms with Crippen LogP contribution in [0.4, 0.5) is 5.69 Å². The number of nitrogens with zero attached hydrogens (tertiary/aromatic N) is 1. The van der Waals surface area contributed by atoms with Crippen LogP contribution in [-0.2, 0) is 19.1 Å². The molecule has 1 unspecified atom stereocenters. The largest absolute Gasteiger partial charge is 0.362 e. The minimum atomic E-state index is -0.509. The molecule has 2 heterocycles. The zero-order valence-corrected chi connectivity index (χ0v) is 12.6. The molecule has 4 rings (SSSR count). The van der Waals surface area contributed by atoms with Gasteiger partial charge in [0.2, 0.25) is 11.8 Å². The van der Waals surface area contributed by atoms with Crippen molar-refractivity contribution in [2.24, 2.45) is 11.8 Å². The number of carbonyl (C=O) groups excluding carboxylic acids is 3. The van der Waals surface area contributed by atoms with Gasteiger partial charge in [-0.1, -0.05) is 24.3 Å². The molecule has 1 aromatic rings. The van der Waals surface area contributed by atoms with Gasteiger partial charge < -0.3 is 9.53 Å². The van der Waals surface area contributed by atoms with Gasteiger partial charge in [-0.3, -0.25) is 9.59 Å². The zero-order chi connectivity index (χ0) is 16.0. The Balaban J connectivity index is 1.69. The molecule has 0 spiro atoms. The molecule has 2 aliphatic heterocycles. The molecule has 5 nitrogen and oxygen atoms in total. The highest BCUT2D eigenvalue weighted by Gasteiger charge is 2.54. The van der Waals surface area contributed by atoms with Gasteiger partial charge in [-0.15, -0.1) is 0 Å². The van der Waals surface area contributed by atoms with Crippen LogP contribution in [0.15, 0.2) is 42.0 Å². The van der Waals surface area contributed by atoms with Crippen molar-refractivity contribution in [1.82, 2.24) is 0 Å². The summed E-state index contributed by atoms with van der Waals surface area (Å²) in [5.41, 5.74) is 1.65. The number of para-hydroxylation sites is 1. The summed E-state index contributed by atoms with van der Waals surface area (Å²) in [5, 5.41) is 0. The maximum atomic E-state index is 12.9. The third kappa shape index (κ3) is 2.15. The highest BCUT2D eigenvalue weighted by Crippen LogP contribution is 2.44. The van der Waals surface area contributed by atoms with E-state index in [1.54, 1.807) is 24.3 Å². The standard InChI is InChI=1S/C18H17NO4/c20-10-13-8-6-11-7-9-14-15(16(11)23-13)18(22)19(17(14)21)12-4-2-1-3-5-12/h1-5,7,10,13-16H,6,8-9H2/t13?,14-,15-,16+/m0/s1. The molecule has 23 heavy (non-hydrogen) atoms. The Hall–Kier alpha value is -2.27. The van der Waals surface area contributed by atoms with Crippen LogP contribution >= 0.6 is 0 Å². The molecule has 2 saturated heterocycles. The highest BCUT2D eigenvalue weighted by molar-refractivity contribution is 6.22. The number of carbonyl (C=O) groups is 3. The Kier molecular flexibility index (Phi) is 3.38. The van der Waals surface area contributed by atoms with E-state index in [0.29, 0.717) is 18.5 Å². The Morgan fingerprint density at radius 1 is 1.13 bits per heavy atom. The second-order valence-corrected chi connectivity index (χ2v) is 6.26. The second-order valence-electron chi connectivity index (χ2n) is 6.26. The molecule has 1 aromatic carbocycles. The Labute approximate surface area is 133 Å². The fourth-order valence-corrected chi connectivity index (χ4v) is 3.88. The SMILES string of the molecule is O=CC1CCC2=CC[C@@H]3C(=O)N(c4ccccc4)C(=O)[C@@H]3[C@@H]2O1. The van der Waals surface area contributed by atoms with Crippen molar-refractivity contribution in [3.63, 3.8) is 0 Å². The van der Waals surface area contributed by atoms with Crippen molar-refractivity contribution >= 4 is 23.8 Å². The second kappa shape index (κ2) is 5.42. The topological polar surface area (TPSA) is 63.7 Å². The van der Waals surface area contributed by atoms with E-state index in [9.17, 15) is 14.4 Å². The number of amides is 2. The molecule has 1 aliphatic carbocycles. The Morgan fingerprint density at radius 2 is 1.91 bits per heavy atom. The van der Waals surface area contributed by atoms with Crippen molar-refractivity contribution in [2.45, 2.75) is 31.5 Å². The van der Waals surface area contributed by atoms with E-state index in [1.165, 1.54) is 4.90 Å². The summed E-state index contributed by atoms with van der Waals surface area (Å²) < 4.78 is 5.82. The van der Waals surface area contributed by atoms with Gasteiger partial charge in [-0.05, 0) is 37.0 Å². The third-order valence-corrected chi connectivity index (χ3v) is 5.01. The van der Waals surface area contributed by atoms with Crippen molar-refractivity contribution < 1.29 is 19.1 Å². The molecule has 0 N–H and O–H groups in total. The summed E-state index contributed by atoms with van der Waals surface area (Å²) in [6, 6.07) is 8.98. The maximum absolute atomic E-state index is 12.9. The predicted octanol–water partition coefficient (Wildman–Crippen LogP) is 1.87. The smallest absolute Gasteiger partial charge is 0.240 e. The molecule has 5 heteroatoms. The minimum Gasteiger partial charge on any atom is -0.362 e. The molecule has 0 saturated carbocycles. The molecule has 118 valence electrons. The van der Waals surface area contributed by atoms with Crippen LogP contribution in [0.1, 0.15) is 19.3 Å². The summed E-state index contributed by atoms with van der Waals surface area (Å²) in [6.45, 7) is 0. The van der Waals surface area contributed by atoms with Crippen LogP contribution in [0.3, 0.4) is 0 Å². The number of imide groups is 1. The van der Waals surface area contributed by atoms with E-state index < -0.39 is 18.1 Å². The lowest BCUT2D eigenvalue weighted by Gasteiger charge is -2.37. The summed E-state index contributed by atoms with van der Waals surface area (Å²) in [6.07, 6.45) is 3.85. The van der Waals surface area contributed by atoms with E-state index in [4.69, 9.17) is 4.74 Å². The molecule has 0 bridgehead atoms. The number of hydrogen-bond acceptors (Lipinski definition) is 4. The third-order valence-electron chi connectivity index (χ3n) is 5.01. The number of fused-ring (bicyclic) bond motifs is 3. The van der Waals surface area contributed by atoms with Gasteiger partial charge in [-0.25, -0.2) is 4.90 Å². The minimum absolute atomic E-state index is 0.168. The summed E-state index contributed by atoms with van der Waals surface area (Å²) in [7, 11) is 0. The van der Waals surface area contributed by atoms with Gasteiger partial charge in [0.15, 0.2) is 0 Å². The van der Waals surface area contributed by atoms with Gasteiger partial charge >= 0.3 is 0 Å². The zero-order valence-electron chi connectivity index (χ0n) is 12.6. The summed E-state index contributed by atoms with van der Waals surface area (Å²) in [5.74, 6) is -1.28. The molecule has 2 amide bonds. The number of allylic oxidation sites excluding steroid dienone is 1. The molecular formula is C18H17NO4. The Bertz CT molecular complexity index is 696. The van der Waals surface area contributed by atoms with E-state index in [-0.39, 0.29) is 17.7 Å². The van der Waals surface area contributed by atoms with E-state index in [1.807, 2.05) is 12.1 Å². The van der Waals surface area contributed by atoms with Crippen LogP contribution in [0.5, 0.6) is 0 Å². The molecule has 4 atom stereocenters. The maximum Gasteiger partial charge on any atom is 0.240 e. The normalized spacial score (nSPS) is 33.0. The van der Waals surface area contributed by atoms with Crippen molar-refractivity contribution in [3.05, 3.63) is 42.0 Å². The fourth-order valence-electron chi connectivity index (χ4n) is 3.88. The van der Waals surface area contributed by atoms with Gasteiger partial charge in [0.1, 0.15) is 12.4 Å². The van der Waals surface area contributed by atoms with E-state index in [0.717, 1.165) is 18.3 Å². The van der Waals surface area contributed by atoms with Crippen LogP contribution in [0, 0.1) is 11.8 Å². The van der Waals surface area contributed by atoms with E-state index in [2.05, 4.69) is 0 Å². The lowest BCUT2D eigenvalue weighted by molar-refractivity contribution is -0.137. The molecule has 2 fully saturated rings. The van der Waals surface area contributed by atoms with Crippen LogP contribution in [0.2, 0.25) is 0 Å². The van der Waals surface area contributed by atoms with E-state index >= 15 is 0 Å². The summed E-state index contributed by atoms with van der Waals surface area (Å²) >= 11 is 0. The van der Waals surface area contributed by atoms with Crippen LogP contribution < -0.4 is 4.90 Å². The molecule has 0 radical (unpaired) electrons. The van der Waals surface area contributed by atoms with Gasteiger partial charge in [0.25, 0.3) is 0 Å². The monoisotopic (exact) mass is 311 g/mol. The first-order valence-electron chi connectivity index (χ1n) is 7.93. The number of rotatable bonds is 2. The van der Waals surface area contributed by atoms with Crippen molar-refractivity contribution in [3.8, 4) is 0 Å². The fraction of sp³-hybridized carbons (Fsp3) is 0.389. The van der Waals surface area contributed by atoms with Gasteiger partial charge in [-0.2, -0.15) is 0 Å². The Morgan fingerprint density at radius 3 is 2.65 bits per heavy atom. The first kappa shape index (κ1) is 14.3. The molecule has 3 aliphatic rings. The lowest BCUT2D eigenvalue weighted by atomic mass is 9.76. The first-order valence-corrected chi connectivity index (χ1v) is 7.93. The van der Waals surface area contributed by atoms with Crippen molar-refractivity contribution in [1.29, 1.82) is 0 Å². The highest BCUT2D eigenvalue weighted by atomic mass is 16.5. The molecule has 0 aromatic heterocycles. The first-order chi connectivity index (χ1) is 11.2. The number of hydrogen-bond donors (Lipinski definition) is 0. The average molecular weight is 311 g/mol. The van der Waals surface area contributed by atoms with Gasteiger partial charge in [0.05, 0.1) is 23.6 Å². The number of ether oxygens (including phenoxy) is 1. The molecular weight excluding hydrogens is 294 g/mol. The van der Waals surface area contributed by atoms with Crippen LogP contribution in [0.25, 0.3) is 0 Å². The summed E-state index contributed by atoms with van der Waals surface area (Å²) in [4.78, 5) is 38.0. The quantitative estimate of drug-likeness (QED) is 0.475. The van der Waals surface area contributed by atoms with Gasteiger partial charge in [0, 0.05) is 0 Å².